The fourth-order valence-corrected chi connectivity index (χ4v) is 5.60. The fourth-order valence-electron chi connectivity index (χ4n) is 5.60. The number of pyridine rings is 3. The van der Waals surface area contributed by atoms with Gasteiger partial charge < -0.3 is 10.3 Å². The van der Waals surface area contributed by atoms with E-state index in [9.17, 15) is 4.79 Å². The molecule has 1 aliphatic carbocycles. The molecule has 0 atom stereocenters. The second-order valence-corrected chi connectivity index (χ2v) is 10.2. The average Bonchev–Trinajstić information content (AvgIpc) is 3.62. The maximum absolute atomic E-state index is 12.8. The van der Waals surface area contributed by atoms with Crippen molar-refractivity contribution in [2.45, 2.75) is 32.1 Å². The van der Waals surface area contributed by atoms with E-state index in [-0.39, 0.29) is 11.8 Å². The number of H-pyrrole nitrogens is 2. The molecule has 6 aromatic rings. The van der Waals surface area contributed by atoms with E-state index >= 15 is 0 Å². The van der Waals surface area contributed by atoms with E-state index in [1.54, 1.807) is 18.6 Å². The first kappa shape index (κ1) is 23.3. The van der Waals surface area contributed by atoms with Crippen molar-refractivity contribution in [2.75, 3.05) is 5.32 Å². The highest BCUT2D eigenvalue weighted by molar-refractivity contribution is 6.01. The van der Waals surface area contributed by atoms with Crippen molar-refractivity contribution in [3.05, 3.63) is 79.5 Å². The van der Waals surface area contributed by atoms with Crippen LogP contribution in [0.5, 0.6) is 0 Å². The van der Waals surface area contributed by atoms with Crippen molar-refractivity contribution in [2.24, 2.45) is 5.92 Å². The number of hydrogen-bond donors (Lipinski definition) is 3. The molecule has 0 spiro atoms. The average molecular weight is 514 g/mol. The van der Waals surface area contributed by atoms with Gasteiger partial charge in [0.25, 0.3) is 0 Å². The van der Waals surface area contributed by atoms with Gasteiger partial charge in [0.1, 0.15) is 5.69 Å². The van der Waals surface area contributed by atoms with Gasteiger partial charge in [-0.2, -0.15) is 5.10 Å². The Morgan fingerprint density at radius 3 is 2.49 bits per heavy atom. The maximum atomic E-state index is 12.8. The second kappa shape index (κ2) is 9.79. The van der Waals surface area contributed by atoms with Gasteiger partial charge in [-0.15, -0.1) is 0 Å². The van der Waals surface area contributed by atoms with Crippen LogP contribution in [0, 0.1) is 5.92 Å². The predicted molar refractivity (Wildman–Crippen MR) is 153 cm³/mol. The summed E-state index contributed by atoms with van der Waals surface area (Å²) >= 11 is 0. The van der Waals surface area contributed by atoms with E-state index in [0.717, 1.165) is 86.9 Å². The summed E-state index contributed by atoms with van der Waals surface area (Å²) < 4.78 is 0. The van der Waals surface area contributed by atoms with Crippen molar-refractivity contribution < 1.29 is 4.79 Å². The molecular weight excluding hydrogens is 486 g/mol. The number of nitrogens with one attached hydrogen (secondary N) is 3. The number of aromatic nitrogens is 6. The maximum Gasteiger partial charge on any atom is 0.227 e. The number of amides is 1. The van der Waals surface area contributed by atoms with E-state index in [2.05, 4.69) is 47.6 Å². The van der Waals surface area contributed by atoms with Crippen LogP contribution >= 0.6 is 0 Å². The number of fused-ring (bicyclic) bond motifs is 2. The molecule has 0 unspecified atom stereocenters. The Bertz CT molecular complexity index is 1800. The van der Waals surface area contributed by atoms with Crippen LogP contribution in [0.4, 0.5) is 5.69 Å². The topological polar surface area (TPSA) is 112 Å². The number of hydrogen-bond acceptors (Lipinski definition) is 5. The first-order chi connectivity index (χ1) is 19.2. The van der Waals surface area contributed by atoms with Crippen LogP contribution in [0.3, 0.4) is 0 Å². The highest BCUT2D eigenvalue weighted by Crippen LogP contribution is 2.34. The van der Waals surface area contributed by atoms with E-state index in [1.165, 1.54) is 6.42 Å². The van der Waals surface area contributed by atoms with Gasteiger partial charge in [-0.1, -0.05) is 25.3 Å². The Labute approximate surface area is 224 Å². The third-order valence-corrected chi connectivity index (χ3v) is 7.63. The van der Waals surface area contributed by atoms with Crippen LogP contribution in [-0.4, -0.2) is 36.0 Å². The Hall–Kier alpha value is -4.85. The Balaban J connectivity index is 1.23. The molecular formula is C31H27N7O. The first-order valence-electron chi connectivity index (χ1n) is 13.4. The van der Waals surface area contributed by atoms with Gasteiger partial charge in [-0.25, -0.2) is 0 Å². The molecule has 0 radical (unpaired) electrons. The van der Waals surface area contributed by atoms with Crippen molar-refractivity contribution in [1.82, 2.24) is 30.1 Å². The highest BCUT2D eigenvalue weighted by atomic mass is 16.1. The summed E-state index contributed by atoms with van der Waals surface area (Å²) in [5.74, 6) is 0.193. The van der Waals surface area contributed by atoms with E-state index in [4.69, 9.17) is 0 Å². The number of rotatable bonds is 5. The quantitative estimate of drug-likeness (QED) is 0.236. The highest BCUT2D eigenvalue weighted by Gasteiger charge is 2.21. The molecule has 3 N–H and O–H groups in total. The molecule has 0 aliphatic heterocycles. The molecule has 8 nitrogen and oxygen atoms in total. The number of anilines is 1. The molecule has 192 valence electrons. The van der Waals surface area contributed by atoms with Crippen LogP contribution in [0.2, 0.25) is 0 Å². The molecule has 7 rings (SSSR count). The monoisotopic (exact) mass is 513 g/mol. The zero-order valence-electron chi connectivity index (χ0n) is 21.3. The molecule has 0 saturated heterocycles. The van der Waals surface area contributed by atoms with Gasteiger partial charge >= 0.3 is 0 Å². The van der Waals surface area contributed by atoms with Crippen molar-refractivity contribution in [1.29, 1.82) is 0 Å². The van der Waals surface area contributed by atoms with E-state index in [0.29, 0.717) is 0 Å². The summed E-state index contributed by atoms with van der Waals surface area (Å²) in [6, 6.07) is 16.2. The molecule has 5 heterocycles. The van der Waals surface area contributed by atoms with Crippen LogP contribution in [0.15, 0.2) is 79.5 Å². The zero-order chi connectivity index (χ0) is 26.2. The third kappa shape index (κ3) is 4.44. The van der Waals surface area contributed by atoms with Gasteiger partial charge in [0, 0.05) is 58.1 Å². The normalized spacial score (nSPS) is 14.2. The Morgan fingerprint density at radius 1 is 0.769 bits per heavy atom. The summed E-state index contributed by atoms with van der Waals surface area (Å²) in [6.45, 7) is 0. The largest absolute Gasteiger partial charge is 0.353 e. The van der Waals surface area contributed by atoms with Crippen LogP contribution < -0.4 is 5.32 Å². The molecule has 1 saturated carbocycles. The summed E-state index contributed by atoms with van der Waals surface area (Å²) in [6.07, 6.45) is 14.3. The minimum absolute atomic E-state index is 0.0952. The number of aromatic amines is 2. The van der Waals surface area contributed by atoms with Crippen LogP contribution in [0.1, 0.15) is 32.1 Å². The summed E-state index contributed by atoms with van der Waals surface area (Å²) in [5.41, 5.74) is 8.24. The number of nitrogens with zero attached hydrogens (tertiary/aromatic N) is 4. The molecule has 5 aromatic heterocycles. The number of carbonyl (C=O) groups is 1. The smallest absolute Gasteiger partial charge is 0.227 e. The van der Waals surface area contributed by atoms with Crippen LogP contribution in [0.25, 0.3) is 55.6 Å². The van der Waals surface area contributed by atoms with Gasteiger partial charge in [-0.3, -0.25) is 24.8 Å². The summed E-state index contributed by atoms with van der Waals surface area (Å²) in [7, 11) is 0. The van der Waals surface area contributed by atoms with Gasteiger partial charge in [0.05, 0.1) is 28.8 Å². The number of benzene rings is 1. The molecule has 39 heavy (non-hydrogen) atoms. The van der Waals surface area contributed by atoms with Gasteiger partial charge in [-0.05, 0) is 60.9 Å². The van der Waals surface area contributed by atoms with Crippen molar-refractivity contribution in [3.8, 4) is 33.8 Å². The lowest BCUT2D eigenvalue weighted by Gasteiger charge is -2.20. The lowest BCUT2D eigenvalue weighted by Crippen LogP contribution is -2.24. The zero-order valence-corrected chi connectivity index (χ0v) is 21.3. The lowest BCUT2D eigenvalue weighted by molar-refractivity contribution is -0.120. The van der Waals surface area contributed by atoms with Crippen molar-refractivity contribution >= 4 is 33.4 Å². The minimum Gasteiger partial charge on any atom is -0.353 e. The lowest BCUT2D eigenvalue weighted by atomic mass is 9.88. The van der Waals surface area contributed by atoms with Gasteiger partial charge in [0.2, 0.25) is 5.91 Å². The fraction of sp³-hybridized carbons (Fsp3) is 0.194. The third-order valence-electron chi connectivity index (χ3n) is 7.63. The summed E-state index contributed by atoms with van der Waals surface area (Å²) in [5, 5.41) is 12.9. The van der Waals surface area contributed by atoms with Crippen LogP contribution in [-0.2, 0) is 4.79 Å². The summed E-state index contributed by atoms with van der Waals surface area (Å²) in [4.78, 5) is 29.5. The molecule has 1 amide bonds. The minimum atomic E-state index is 0.0952. The van der Waals surface area contributed by atoms with E-state index in [1.807, 2.05) is 48.8 Å². The molecule has 1 fully saturated rings. The first-order valence-corrected chi connectivity index (χ1v) is 13.4. The van der Waals surface area contributed by atoms with Crippen molar-refractivity contribution in [3.63, 3.8) is 0 Å². The molecule has 0 bridgehead atoms. The SMILES string of the molecule is O=C(Nc1cncc(-c2ccc3[nH]nc(-c4cc5c(-c6ccncc6)nccc5[nH]4)c3c2)c1)C1CCCCC1. The molecule has 1 aliphatic rings. The molecule has 8 heteroatoms. The standard InChI is InChI=1S/C31H27N7O/c39-31(20-4-2-1-3-5-20)35-23-14-22(17-33-18-23)21-6-7-27-24(15-21)30(38-37-27)28-16-25-26(36-28)10-13-34-29(25)19-8-11-32-12-9-19/h6-18,20,36H,1-5H2,(H,35,39)(H,37,38). The molecule has 1 aromatic carbocycles. The Kier molecular flexibility index (Phi) is 5.85. The van der Waals surface area contributed by atoms with E-state index < -0.39 is 0 Å². The number of carbonyl (C=O) groups excluding carboxylic acids is 1. The van der Waals surface area contributed by atoms with Gasteiger partial charge in [0.15, 0.2) is 0 Å². The predicted octanol–water partition coefficient (Wildman–Crippen LogP) is 6.75. The Morgan fingerprint density at radius 2 is 1.62 bits per heavy atom. The second-order valence-electron chi connectivity index (χ2n) is 10.2.